The number of amides is 1. The quantitative estimate of drug-likeness (QED) is 0.326. The summed E-state index contributed by atoms with van der Waals surface area (Å²) in [5.41, 5.74) is 3.31. The predicted octanol–water partition coefficient (Wildman–Crippen LogP) is 4.75. The van der Waals surface area contributed by atoms with Gasteiger partial charge in [0.05, 0.1) is 12.8 Å². The molecule has 10 heteroatoms. The van der Waals surface area contributed by atoms with Crippen LogP contribution in [0.25, 0.3) is 0 Å². The molecule has 3 aromatic rings. The number of carbonyl (C=O) groups excluding carboxylic acids is 1. The zero-order chi connectivity index (χ0) is 24.4. The highest BCUT2D eigenvalue weighted by Gasteiger charge is 2.52. The number of aromatic nitrogens is 2. The van der Waals surface area contributed by atoms with Crippen molar-refractivity contribution in [3.63, 3.8) is 0 Å². The summed E-state index contributed by atoms with van der Waals surface area (Å²) in [6, 6.07) is 13.0. The lowest BCUT2D eigenvalue weighted by molar-refractivity contribution is -0.113. The van der Waals surface area contributed by atoms with Gasteiger partial charge in [-0.2, -0.15) is 4.98 Å². The Labute approximate surface area is 207 Å². The van der Waals surface area contributed by atoms with Crippen LogP contribution in [0.5, 0.6) is 5.75 Å². The number of halogens is 2. The molecule has 1 aliphatic carbocycles. The molecular formula is C25H25ClFN5O3. The maximum atomic E-state index is 15.0. The van der Waals surface area contributed by atoms with Gasteiger partial charge >= 0.3 is 0 Å². The number of benzene rings is 2. The molecule has 0 atom stereocenters. The van der Waals surface area contributed by atoms with Crippen LogP contribution in [0.15, 0.2) is 48.7 Å². The van der Waals surface area contributed by atoms with Gasteiger partial charge in [0.1, 0.15) is 18.2 Å². The molecule has 0 saturated heterocycles. The summed E-state index contributed by atoms with van der Waals surface area (Å²) < 4.78 is 25.5. The van der Waals surface area contributed by atoms with E-state index in [2.05, 4.69) is 20.6 Å². The molecule has 1 aliphatic heterocycles. The fourth-order valence-corrected chi connectivity index (χ4v) is 4.40. The molecule has 0 radical (unpaired) electrons. The SMILES string of the molecule is COCCOc1ccc(Nc2ncc(F)c(N3CC4(CC4)c4ccc(NC(=O)CCl)cc43)n2)cc1. The molecule has 2 heterocycles. The summed E-state index contributed by atoms with van der Waals surface area (Å²) in [4.78, 5) is 22.3. The number of hydrogen-bond donors (Lipinski definition) is 2. The normalized spacial score (nSPS) is 15.1. The Morgan fingerprint density at radius 3 is 2.66 bits per heavy atom. The van der Waals surface area contributed by atoms with Crippen LogP contribution in [-0.4, -0.2) is 48.6 Å². The van der Waals surface area contributed by atoms with Gasteiger partial charge in [-0.15, -0.1) is 11.6 Å². The van der Waals surface area contributed by atoms with Crippen molar-refractivity contribution in [3.05, 3.63) is 60.0 Å². The Morgan fingerprint density at radius 2 is 1.94 bits per heavy atom. The third-order valence-corrected chi connectivity index (χ3v) is 6.47. The highest BCUT2D eigenvalue weighted by atomic mass is 35.5. The van der Waals surface area contributed by atoms with Crippen molar-refractivity contribution in [1.29, 1.82) is 0 Å². The van der Waals surface area contributed by atoms with Crippen molar-refractivity contribution in [2.45, 2.75) is 18.3 Å². The van der Waals surface area contributed by atoms with E-state index in [1.54, 1.807) is 7.11 Å². The molecule has 182 valence electrons. The van der Waals surface area contributed by atoms with Crippen molar-refractivity contribution in [2.75, 3.05) is 48.3 Å². The van der Waals surface area contributed by atoms with Crippen LogP contribution in [0.3, 0.4) is 0 Å². The van der Waals surface area contributed by atoms with E-state index in [1.807, 2.05) is 47.4 Å². The summed E-state index contributed by atoms with van der Waals surface area (Å²) in [5, 5.41) is 5.89. The van der Waals surface area contributed by atoms with E-state index in [0.29, 0.717) is 31.2 Å². The van der Waals surface area contributed by atoms with Gasteiger partial charge in [0.2, 0.25) is 11.9 Å². The second-order valence-electron chi connectivity index (χ2n) is 8.64. The first kappa shape index (κ1) is 23.3. The van der Waals surface area contributed by atoms with Gasteiger partial charge in [-0.3, -0.25) is 4.79 Å². The van der Waals surface area contributed by atoms with Crippen LogP contribution in [0, 0.1) is 5.82 Å². The van der Waals surface area contributed by atoms with Crippen LogP contribution in [-0.2, 0) is 14.9 Å². The Morgan fingerprint density at radius 1 is 1.17 bits per heavy atom. The molecule has 0 bridgehead atoms. The average Bonchev–Trinajstić information content (AvgIpc) is 3.58. The van der Waals surface area contributed by atoms with Crippen molar-refractivity contribution >= 4 is 46.3 Å². The summed E-state index contributed by atoms with van der Waals surface area (Å²) in [6.45, 7) is 1.59. The number of nitrogens with zero attached hydrogens (tertiary/aromatic N) is 3. The lowest BCUT2D eigenvalue weighted by Crippen LogP contribution is -2.22. The second-order valence-corrected chi connectivity index (χ2v) is 8.90. The van der Waals surface area contributed by atoms with E-state index in [9.17, 15) is 9.18 Å². The van der Waals surface area contributed by atoms with E-state index in [-0.39, 0.29) is 29.0 Å². The van der Waals surface area contributed by atoms with Gasteiger partial charge in [-0.1, -0.05) is 6.07 Å². The molecule has 2 N–H and O–H groups in total. The lowest BCUT2D eigenvalue weighted by Gasteiger charge is -2.20. The highest BCUT2D eigenvalue weighted by molar-refractivity contribution is 6.29. The zero-order valence-corrected chi connectivity index (χ0v) is 19.9. The van der Waals surface area contributed by atoms with Gasteiger partial charge < -0.3 is 25.0 Å². The van der Waals surface area contributed by atoms with Crippen molar-refractivity contribution in [3.8, 4) is 5.75 Å². The van der Waals surface area contributed by atoms with Crippen molar-refractivity contribution in [2.24, 2.45) is 0 Å². The Bertz CT molecular complexity index is 1240. The summed E-state index contributed by atoms with van der Waals surface area (Å²) in [5.74, 6) is 0.227. The number of rotatable bonds is 9. The third kappa shape index (κ3) is 4.87. The number of nitrogens with one attached hydrogen (secondary N) is 2. The molecule has 1 fully saturated rings. The van der Waals surface area contributed by atoms with Gasteiger partial charge in [-0.25, -0.2) is 9.37 Å². The monoisotopic (exact) mass is 497 g/mol. The van der Waals surface area contributed by atoms with Gasteiger partial charge in [-0.05, 0) is 54.8 Å². The summed E-state index contributed by atoms with van der Waals surface area (Å²) >= 11 is 5.63. The molecular weight excluding hydrogens is 473 g/mol. The first-order valence-electron chi connectivity index (χ1n) is 11.3. The van der Waals surface area contributed by atoms with E-state index in [0.717, 1.165) is 29.8 Å². The molecule has 0 unspecified atom stereocenters. The average molecular weight is 498 g/mol. The van der Waals surface area contributed by atoms with Crippen LogP contribution in [0.4, 0.5) is 33.2 Å². The predicted molar refractivity (Wildman–Crippen MR) is 133 cm³/mol. The second kappa shape index (κ2) is 9.67. The minimum atomic E-state index is -0.517. The molecule has 1 amide bonds. The Kier molecular flexibility index (Phi) is 6.44. The third-order valence-electron chi connectivity index (χ3n) is 6.23. The first-order valence-corrected chi connectivity index (χ1v) is 11.8. The minimum absolute atomic E-state index is 0.00597. The molecule has 1 saturated carbocycles. The van der Waals surface area contributed by atoms with Crippen LogP contribution in [0.1, 0.15) is 18.4 Å². The Hall–Kier alpha value is -3.43. The van der Waals surface area contributed by atoms with Gasteiger partial charge in [0.25, 0.3) is 0 Å². The molecule has 1 aromatic heterocycles. The maximum Gasteiger partial charge on any atom is 0.239 e. The number of anilines is 5. The topological polar surface area (TPSA) is 88.6 Å². The zero-order valence-electron chi connectivity index (χ0n) is 19.2. The van der Waals surface area contributed by atoms with E-state index in [4.69, 9.17) is 21.1 Å². The Balaban J connectivity index is 1.39. The number of hydrogen-bond acceptors (Lipinski definition) is 7. The summed E-state index contributed by atoms with van der Waals surface area (Å²) in [6.07, 6.45) is 3.23. The number of ether oxygens (including phenoxy) is 2. The molecule has 2 aliphatic rings. The van der Waals surface area contributed by atoms with Crippen LogP contribution in [0.2, 0.25) is 0 Å². The molecule has 5 rings (SSSR count). The number of fused-ring (bicyclic) bond motifs is 2. The van der Waals surface area contributed by atoms with Crippen molar-refractivity contribution < 1.29 is 18.7 Å². The molecule has 8 nitrogen and oxygen atoms in total. The molecule has 35 heavy (non-hydrogen) atoms. The summed E-state index contributed by atoms with van der Waals surface area (Å²) in [7, 11) is 1.62. The smallest absolute Gasteiger partial charge is 0.239 e. The van der Waals surface area contributed by atoms with E-state index < -0.39 is 5.82 Å². The number of alkyl halides is 1. The standard InChI is InChI=1S/C25H25ClFN5O3/c1-34-10-11-35-18-5-2-16(3-6-18)30-24-28-14-20(27)23(31-24)32-15-25(8-9-25)19-7-4-17(12-21(19)32)29-22(33)13-26/h2-7,12,14H,8-11,13,15H2,1H3,(H,29,33)(H,28,30,31). The number of carbonyl (C=O) groups is 1. The highest BCUT2D eigenvalue weighted by Crippen LogP contribution is 2.58. The fraction of sp³-hybridized carbons (Fsp3) is 0.320. The van der Waals surface area contributed by atoms with E-state index in [1.165, 1.54) is 6.20 Å². The van der Waals surface area contributed by atoms with Crippen LogP contribution >= 0.6 is 11.6 Å². The molecule has 1 spiro atoms. The maximum absolute atomic E-state index is 15.0. The van der Waals surface area contributed by atoms with E-state index >= 15 is 0 Å². The van der Waals surface area contributed by atoms with Crippen LogP contribution < -0.4 is 20.3 Å². The van der Waals surface area contributed by atoms with Gasteiger partial charge in [0.15, 0.2) is 11.6 Å². The number of methoxy groups -OCH3 is 1. The largest absolute Gasteiger partial charge is 0.491 e. The lowest BCUT2D eigenvalue weighted by atomic mass is 9.98. The minimum Gasteiger partial charge on any atom is -0.491 e. The van der Waals surface area contributed by atoms with Crippen molar-refractivity contribution in [1.82, 2.24) is 9.97 Å². The van der Waals surface area contributed by atoms with Gasteiger partial charge in [0, 0.05) is 36.1 Å². The fourth-order valence-electron chi connectivity index (χ4n) is 4.33. The first-order chi connectivity index (χ1) is 17.0. The molecule has 2 aromatic carbocycles.